The molecule has 30 heavy (non-hydrogen) atoms. The van der Waals surface area contributed by atoms with Gasteiger partial charge in [-0.3, -0.25) is 9.59 Å². The molecule has 1 amide bonds. The van der Waals surface area contributed by atoms with Gasteiger partial charge in [0.1, 0.15) is 18.7 Å². The molecule has 0 bridgehead atoms. The first-order valence-corrected chi connectivity index (χ1v) is 8.85. The molecule has 1 aromatic carbocycles. The molecule has 2 aromatic heterocycles. The number of rotatable bonds is 4. The molecule has 0 fully saturated rings. The summed E-state index contributed by atoms with van der Waals surface area (Å²) in [5, 5.41) is 36.4. The number of hydrogen-bond acceptors (Lipinski definition) is 9. The van der Waals surface area contributed by atoms with E-state index in [1.165, 1.54) is 17.1 Å². The molecule has 158 valence electrons. The quantitative estimate of drug-likeness (QED) is 0.555. The topological polar surface area (TPSA) is 161 Å². The van der Waals surface area contributed by atoms with Crippen LogP contribution >= 0.6 is 0 Å². The summed E-state index contributed by atoms with van der Waals surface area (Å²) in [6, 6.07) is 4.64. The Morgan fingerprint density at radius 3 is 2.80 bits per heavy atom. The summed E-state index contributed by atoms with van der Waals surface area (Å²) in [5.41, 5.74) is 0.761. The van der Waals surface area contributed by atoms with Gasteiger partial charge in [-0.25, -0.2) is 4.68 Å². The number of carbonyl (C=O) groups is 2. The highest BCUT2D eigenvalue weighted by atomic mass is 16.5. The number of fused-ring (bicyclic) bond motifs is 1. The number of methoxy groups -OCH3 is 1. The number of phenols is 1. The zero-order valence-electron chi connectivity index (χ0n) is 16.3. The first-order chi connectivity index (χ1) is 14.5. The number of aromatic nitrogens is 7. The fourth-order valence-corrected chi connectivity index (χ4v) is 3.28. The minimum atomic E-state index is -0.295. The van der Waals surface area contributed by atoms with E-state index in [1.807, 2.05) is 11.5 Å². The molecule has 2 N–H and O–H groups in total. The van der Waals surface area contributed by atoms with Gasteiger partial charge in [-0.2, -0.15) is 0 Å². The SMILES string of the molecule is COCc1nnc2n1[C@@H](C)CN(C(=O)c1cc(-n3cnnn3)ccc1O)C2.O=CO. The highest BCUT2D eigenvalue weighted by Crippen LogP contribution is 2.27. The first-order valence-electron chi connectivity index (χ1n) is 8.85. The van der Waals surface area contributed by atoms with Crippen LogP contribution in [0.25, 0.3) is 5.69 Å². The van der Waals surface area contributed by atoms with Gasteiger partial charge < -0.3 is 24.4 Å². The summed E-state index contributed by atoms with van der Waals surface area (Å²) in [7, 11) is 1.60. The second-order valence-electron chi connectivity index (χ2n) is 6.43. The fourth-order valence-electron chi connectivity index (χ4n) is 3.28. The normalized spacial score (nSPS) is 15.1. The number of tetrazole rings is 1. The third-order valence-electron chi connectivity index (χ3n) is 4.48. The van der Waals surface area contributed by atoms with Gasteiger partial charge >= 0.3 is 0 Å². The van der Waals surface area contributed by atoms with E-state index in [9.17, 15) is 9.90 Å². The number of hydrogen-bond donors (Lipinski definition) is 2. The molecule has 0 saturated carbocycles. The number of aromatic hydroxyl groups is 1. The molecule has 1 aliphatic rings. The van der Waals surface area contributed by atoms with Crippen molar-refractivity contribution >= 4 is 12.4 Å². The number of phenolic OH excluding ortho intramolecular Hbond substituents is 1. The molecule has 0 unspecified atom stereocenters. The van der Waals surface area contributed by atoms with E-state index in [0.717, 1.165) is 5.82 Å². The van der Waals surface area contributed by atoms with Crippen molar-refractivity contribution in [2.45, 2.75) is 26.1 Å². The van der Waals surface area contributed by atoms with Gasteiger partial charge in [0.2, 0.25) is 0 Å². The predicted octanol–water partition coefficient (Wildman–Crippen LogP) is 0.0236. The number of carboxylic acid groups (broad SMARTS) is 1. The monoisotopic (exact) mass is 416 g/mol. The molecular formula is C17H20N8O5. The van der Waals surface area contributed by atoms with E-state index in [-0.39, 0.29) is 29.7 Å². The van der Waals surface area contributed by atoms with Crippen LogP contribution < -0.4 is 0 Å². The van der Waals surface area contributed by atoms with Crippen molar-refractivity contribution < 1.29 is 24.5 Å². The van der Waals surface area contributed by atoms with E-state index in [2.05, 4.69) is 25.7 Å². The van der Waals surface area contributed by atoms with Crippen molar-refractivity contribution in [1.82, 2.24) is 39.9 Å². The molecule has 13 nitrogen and oxygen atoms in total. The number of carbonyl (C=O) groups excluding carboxylic acids is 1. The maximum Gasteiger partial charge on any atom is 0.290 e. The Morgan fingerprint density at radius 2 is 2.13 bits per heavy atom. The van der Waals surface area contributed by atoms with Crippen molar-refractivity contribution in [3.8, 4) is 11.4 Å². The highest BCUT2D eigenvalue weighted by Gasteiger charge is 2.30. The minimum absolute atomic E-state index is 0.0114. The summed E-state index contributed by atoms with van der Waals surface area (Å²) in [6.45, 7) is 2.87. The van der Waals surface area contributed by atoms with Gasteiger partial charge in [0.05, 0.1) is 23.8 Å². The second-order valence-corrected chi connectivity index (χ2v) is 6.43. The van der Waals surface area contributed by atoms with Crippen LogP contribution in [0.2, 0.25) is 0 Å². The molecule has 3 aromatic rings. The lowest BCUT2D eigenvalue weighted by Crippen LogP contribution is -2.40. The minimum Gasteiger partial charge on any atom is -0.507 e. The van der Waals surface area contributed by atoms with Crippen LogP contribution in [0.4, 0.5) is 0 Å². The zero-order chi connectivity index (χ0) is 21.7. The number of amides is 1. The lowest BCUT2D eigenvalue weighted by Gasteiger charge is -2.32. The van der Waals surface area contributed by atoms with Gasteiger partial charge in [-0.1, -0.05) is 0 Å². The molecule has 0 aliphatic carbocycles. The third kappa shape index (κ3) is 4.10. The van der Waals surface area contributed by atoms with Crippen molar-refractivity contribution in [1.29, 1.82) is 0 Å². The molecule has 13 heteroatoms. The Kier molecular flexibility index (Phi) is 6.32. The van der Waals surface area contributed by atoms with Crippen LogP contribution in [0, 0.1) is 0 Å². The van der Waals surface area contributed by atoms with Crippen LogP contribution in [0.1, 0.15) is 35.0 Å². The molecule has 0 spiro atoms. The summed E-state index contributed by atoms with van der Waals surface area (Å²) in [5.74, 6) is 1.02. The van der Waals surface area contributed by atoms with Gasteiger partial charge in [-0.05, 0) is 35.5 Å². The largest absolute Gasteiger partial charge is 0.507 e. The van der Waals surface area contributed by atoms with Crippen LogP contribution in [-0.4, -0.2) is 76.1 Å². The first kappa shape index (κ1) is 20.9. The Bertz CT molecular complexity index is 1020. The lowest BCUT2D eigenvalue weighted by molar-refractivity contribution is -0.122. The molecular weight excluding hydrogens is 396 g/mol. The Hall–Kier alpha value is -3.87. The summed E-state index contributed by atoms with van der Waals surface area (Å²) >= 11 is 0. The van der Waals surface area contributed by atoms with E-state index in [1.54, 1.807) is 24.1 Å². The van der Waals surface area contributed by atoms with Crippen molar-refractivity contribution in [2.75, 3.05) is 13.7 Å². The Labute approximate surface area is 170 Å². The van der Waals surface area contributed by atoms with Gasteiger partial charge in [0.15, 0.2) is 11.6 Å². The number of nitrogens with zero attached hydrogens (tertiary/aromatic N) is 8. The van der Waals surface area contributed by atoms with Gasteiger partial charge in [-0.15, -0.1) is 15.3 Å². The number of benzene rings is 1. The Morgan fingerprint density at radius 1 is 1.37 bits per heavy atom. The van der Waals surface area contributed by atoms with Crippen molar-refractivity contribution in [3.63, 3.8) is 0 Å². The van der Waals surface area contributed by atoms with Gasteiger partial charge in [0.25, 0.3) is 12.4 Å². The maximum atomic E-state index is 13.1. The molecule has 0 radical (unpaired) electrons. The molecule has 1 aliphatic heterocycles. The van der Waals surface area contributed by atoms with E-state index < -0.39 is 0 Å². The molecule has 4 rings (SSSR count). The smallest absolute Gasteiger partial charge is 0.290 e. The summed E-state index contributed by atoms with van der Waals surface area (Å²) in [4.78, 5) is 23.1. The summed E-state index contributed by atoms with van der Waals surface area (Å²) < 4.78 is 8.56. The van der Waals surface area contributed by atoms with E-state index in [4.69, 9.17) is 14.6 Å². The van der Waals surface area contributed by atoms with Gasteiger partial charge in [0, 0.05) is 13.7 Å². The molecule has 3 heterocycles. The van der Waals surface area contributed by atoms with E-state index >= 15 is 0 Å². The van der Waals surface area contributed by atoms with Crippen LogP contribution in [0.5, 0.6) is 5.75 Å². The molecule has 0 saturated heterocycles. The highest BCUT2D eigenvalue weighted by molar-refractivity contribution is 5.97. The standard InChI is InChI=1S/C16H18N8O3.CH2O2/c1-10-6-22(7-14-18-19-15(8-27-2)24(10)14)16(26)12-5-11(3-4-13(12)25)23-9-17-20-21-23;2-1-3/h3-5,9-10,25H,6-8H2,1-2H3;1H,(H,2,3)/t10-;/m0./s1. The second kappa shape index (κ2) is 9.09. The van der Waals surface area contributed by atoms with E-state index in [0.29, 0.717) is 31.2 Å². The predicted molar refractivity (Wildman–Crippen MR) is 99.7 cm³/mol. The van der Waals surface area contributed by atoms with Crippen molar-refractivity contribution in [3.05, 3.63) is 41.7 Å². The third-order valence-corrected chi connectivity index (χ3v) is 4.48. The molecule has 1 atom stereocenters. The zero-order valence-corrected chi connectivity index (χ0v) is 16.3. The fraction of sp³-hybridized carbons (Fsp3) is 0.353. The number of ether oxygens (including phenoxy) is 1. The summed E-state index contributed by atoms with van der Waals surface area (Å²) in [6.07, 6.45) is 1.42. The van der Waals surface area contributed by atoms with Crippen LogP contribution in [-0.2, 0) is 22.7 Å². The average molecular weight is 416 g/mol. The average Bonchev–Trinajstić information content (AvgIpc) is 3.39. The maximum absolute atomic E-state index is 13.1. The van der Waals surface area contributed by atoms with Crippen LogP contribution in [0.15, 0.2) is 24.5 Å². The van der Waals surface area contributed by atoms with Crippen LogP contribution in [0.3, 0.4) is 0 Å². The Balaban J connectivity index is 0.000000806. The van der Waals surface area contributed by atoms with Crippen molar-refractivity contribution in [2.24, 2.45) is 0 Å². The lowest BCUT2D eigenvalue weighted by atomic mass is 10.1.